The van der Waals surface area contributed by atoms with E-state index in [9.17, 15) is 24.3 Å². The molecule has 2 aliphatic heterocycles. The van der Waals surface area contributed by atoms with Crippen LogP contribution in [0.15, 0.2) is 60.7 Å². The molecule has 0 aliphatic carbocycles. The first kappa shape index (κ1) is 20.7. The van der Waals surface area contributed by atoms with Gasteiger partial charge in [0.05, 0.1) is 17.5 Å². The van der Waals surface area contributed by atoms with Crippen molar-refractivity contribution in [3.63, 3.8) is 0 Å². The molecule has 2 N–H and O–H groups in total. The number of rotatable bonds is 5. The minimum atomic E-state index is -1.59. The number of Topliss-reactive ketones (excluding diaryl/α,β-unsaturated/α-hetero) is 1. The first-order valence-corrected chi connectivity index (χ1v) is 9.97. The van der Waals surface area contributed by atoms with Crippen molar-refractivity contribution in [3.05, 3.63) is 71.8 Å². The molecule has 0 radical (unpaired) electrons. The molecule has 4 atom stereocenters. The number of anilines is 1. The monoisotopic (exact) mass is 418 g/mol. The third kappa shape index (κ3) is 3.37. The van der Waals surface area contributed by atoms with E-state index in [0.717, 1.165) is 10.5 Å². The van der Waals surface area contributed by atoms with Crippen LogP contribution in [0.4, 0.5) is 5.69 Å². The minimum absolute atomic E-state index is 0.128. The second-order valence-electron chi connectivity index (χ2n) is 8.07. The number of carboxylic acid groups (broad SMARTS) is 1. The lowest BCUT2D eigenvalue weighted by Crippen LogP contribution is -2.54. The maximum absolute atomic E-state index is 13.3. The van der Waals surface area contributed by atoms with Crippen molar-refractivity contribution in [2.24, 2.45) is 11.8 Å². The van der Waals surface area contributed by atoms with E-state index in [2.05, 4.69) is 5.32 Å². The summed E-state index contributed by atoms with van der Waals surface area (Å²) in [5.74, 6) is -4.22. The zero-order valence-electron chi connectivity index (χ0n) is 17.1. The average molecular weight is 418 g/mol. The van der Waals surface area contributed by atoms with Crippen LogP contribution in [-0.4, -0.2) is 40.3 Å². The maximum atomic E-state index is 13.3. The van der Waals surface area contributed by atoms with Crippen LogP contribution in [0, 0.1) is 11.8 Å². The van der Waals surface area contributed by atoms with Crippen LogP contribution in [-0.2, 0) is 14.4 Å². The lowest BCUT2D eigenvalue weighted by Gasteiger charge is -2.26. The van der Waals surface area contributed by atoms with Crippen molar-refractivity contribution < 1.29 is 24.3 Å². The van der Waals surface area contributed by atoms with Crippen molar-refractivity contribution in [1.29, 1.82) is 0 Å². The van der Waals surface area contributed by atoms with Gasteiger partial charge < -0.3 is 5.11 Å². The highest BCUT2D eigenvalue weighted by Gasteiger charge is 2.66. The molecule has 7 nitrogen and oxygen atoms in total. The summed E-state index contributed by atoms with van der Waals surface area (Å²) in [4.78, 5) is 51.3. The second kappa shape index (κ2) is 7.59. The molecule has 2 saturated heterocycles. The number of nitrogens with one attached hydrogen (secondary N) is 1. The lowest BCUT2D eigenvalue weighted by molar-refractivity contribution is -0.147. The normalized spacial score (nSPS) is 27.7. The largest absolute Gasteiger partial charge is 0.480 e. The molecule has 0 bridgehead atoms. The molecule has 2 aromatic carbocycles. The van der Waals surface area contributed by atoms with Gasteiger partial charge in [0.1, 0.15) is 5.54 Å². The molecule has 0 saturated carbocycles. The first-order valence-electron chi connectivity index (χ1n) is 9.97. The van der Waals surface area contributed by atoms with Gasteiger partial charge in [0.25, 0.3) is 0 Å². The van der Waals surface area contributed by atoms with Gasteiger partial charge in [-0.05, 0) is 43.7 Å². The van der Waals surface area contributed by atoms with Crippen molar-refractivity contribution in [2.75, 3.05) is 4.90 Å². The quantitative estimate of drug-likeness (QED) is 0.571. The Morgan fingerprint density at radius 1 is 1.03 bits per heavy atom. The van der Waals surface area contributed by atoms with Crippen LogP contribution in [0.2, 0.25) is 0 Å². The zero-order valence-corrected chi connectivity index (χ0v) is 17.1. The van der Waals surface area contributed by atoms with E-state index in [4.69, 9.17) is 0 Å². The molecular weight excluding hydrogens is 396 g/mol. The molecule has 2 aromatic rings. The van der Waals surface area contributed by atoms with Gasteiger partial charge in [0.15, 0.2) is 5.78 Å². The third-order valence-electron chi connectivity index (χ3n) is 6.10. The summed E-state index contributed by atoms with van der Waals surface area (Å²) >= 11 is 0. The third-order valence-corrected chi connectivity index (χ3v) is 6.10. The van der Waals surface area contributed by atoms with Gasteiger partial charge in [-0.15, -0.1) is 0 Å². The lowest BCUT2D eigenvalue weighted by atomic mass is 9.81. The molecular formula is C24H22N2O5. The number of ketones is 1. The second-order valence-corrected chi connectivity index (χ2v) is 8.07. The first-order chi connectivity index (χ1) is 14.7. The molecule has 2 heterocycles. The van der Waals surface area contributed by atoms with Crippen molar-refractivity contribution in [3.8, 4) is 0 Å². The van der Waals surface area contributed by atoms with Crippen molar-refractivity contribution >= 4 is 35.3 Å². The van der Waals surface area contributed by atoms with Crippen LogP contribution in [0.3, 0.4) is 0 Å². The van der Waals surface area contributed by atoms with E-state index < -0.39 is 41.2 Å². The number of hydrogen-bond donors (Lipinski definition) is 2. The van der Waals surface area contributed by atoms with Crippen LogP contribution < -0.4 is 10.2 Å². The molecule has 4 rings (SSSR count). The van der Waals surface area contributed by atoms with Crippen molar-refractivity contribution in [1.82, 2.24) is 5.32 Å². The predicted octanol–water partition coefficient (Wildman–Crippen LogP) is 2.52. The molecule has 4 unspecified atom stereocenters. The van der Waals surface area contributed by atoms with Gasteiger partial charge in [-0.3, -0.25) is 24.5 Å². The fourth-order valence-corrected chi connectivity index (χ4v) is 4.43. The molecule has 7 heteroatoms. The summed E-state index contributed by atoms with van der Waals surface area (Å²) in [5.41, 5.74) is 0.104. The number of fused-ring (bicyclic) bond motifs is 1. The van der Waals surface area contributed by atoms with Gasteiger partial charge in [0, 0.05) is 11.6 Å². The van der Waals surface area contributed by atoms with E-state index in [1.54, 1.807) is 18.2 Å². The topological polar surface area (TPSA) is 104 Å². The highest BCUT2D eigenvalue weighted by Crippen LogP contribution is 2.44. The fourth-order valence-electron chi connectivity index (χ4n) is 4.43. The number of aliphatic carboxylic acids is 1. The van der Waals surface area contributed by atoms with Crippen LogP contribution in [0.5, 0.6) is 0 Å². The Hall–Kier alpha value is -3.58. The summed E-state index contributed by atoms with van der Waals surface area (Å²) in [6.07, 6.45) is 3.55. The van der Waals surface area contributed by atoms with Gasteiger partial charge >= 0.3 is 5.97 Å². The molecule has 0 aromatic heterocycles. The smallest absolute Gasteiger partial charge is 0.324 e. The summed E-state index contributed by atoms with van der Waals surface area (Å²) in [7, 11) is 0. The van der Waals surface area contributed by atoms with Gasteiger partial charge in [-0.25, -0.2) is 4.90 Å². The number of amides is 2. The summed E-state index contributed by atoms with van der Waals surface area (Å²) in [6.45, 7) is 2.87. The molecule has 2 amide bonds. The Morgan fingerprint density at radius 2 is 1.68 bits per heavy atom. The fraction of sp³-hybridized carbons (Fsp3) is 0.250. The maximum Gasteiger partial charge on any atom is 0.324 e. The Bertz CT molecular complexity index is 1090. The van der Waals surface area contributed by atoms with E-state index in [0.29, 0.717) is 11.3 Å². The number of carbonyl (C=O) groups excluding carboxylic acids is 3. The average Bonchev–Trinajstić information content (AvgIpc) is 3.21. The summed E-state index contributed by atoms with van der Waals surface area (Å²) < 4.78 is 0. The van der Waals surface area contributed by atoms with E-state index in [1.165, 1.54) is 26.0 Å². The van der Waals surface area contributed by atoms with Gasteiger partial charge in [0.2, 0.25) is 11.8 Å². The highest BCUT2D eigenvalue weighted by atomic mass is 16.4. The van der Waals surface area contributed by atoms with Crippen LogP contribution in [0.1, 0.15) is 29.8 Å². The van der Waals surface area contributed by atoms with Crippen LogP contribution >= 0.6 is 0 Å². The summed E-state index contributed by atoms with van der Waals surface area (Å²) in [6, 6.07) is 15.0. The number of nitrogens with zero attached hydrogens (tertiary/aromatic N) is 1. The van der Waals surface area contributed by atoms with E-state index >= 15 is 0 Å². The number of imide groups is 1. The number of benzene rings is 2. The molecule has 2 aliphatic rings. The predicted molar refractivity (Wildman–Crippen MR) is 114 cm³/mol. The Kier molecular flexibility index (Phi) is 5.07. The molecule has 31 heavy (non-hydrogen) atoms. The molecule has 158 valence electrons. The Labute approximate surface area is 179 Å². The summed E-state index contributed by atoms with van der Waals surface area (Å²) in [5, 5.41) is 12.9. The van der Waals surface area contributed by atoms with Gasteiger partial charge in [-0.2, -0.15) is 0 Å². The van der Waals surface area contributed by atoms with E-state index in [1.807, 2.05) is 36.4 Å². The number of carbonyl (C=O) groups is 4. The Balaban J connectivity index is 1.71. The molecule has 0 spiro atoms. The Morgan fingerprint density at radius 3 is 2.26 bits per heavy atom. The highest BCUT2D eigenvalue weighted by molar-refractivity contribution is 6.24. The number of hydrogen-bond acceptors (Lipinski definition) is 5. The van der Waals surface area contributed by atoms with Gasteiger partial charge in [-0.1, -0.05) is 42.5 Å². The zero-order chi connectivity index (χ0) is 22.3. The van der Waals surface area contributed by atoms with E-state index in [-0.39, 0.29) is 5.78 Å². The number of carboxylic acids is 1. The van der Waals surface area contributed by atoms with Crippen LogP contribution in [0.25, 0.3) is 6.08 Å². The van der Waals surface area contributed by atoms with Crippen molar-refractivity contribution in [2.45, 2.75) is 25.4 Å². The minimum Gasteiger partial charge on any atom is -0.480 e. The standard InChI is InChI=1S/C24H22N2O5/c1-14(27)16-9-11-17(12-10-16)26-21(28)19-18(13-8-15-6-4-3-5-7-15)25-24(2,23(30)31)20(19)22(26)29/h3-13,18-20,25H,1-2H3,(H,30,31). The SMILES string of the molecule is CC(=O)c1ccc(N2C(=O)C3C(C=Cc4ccccc4)NC(C)(C(=O)O)C3C2=O)cc1. The molecule has 2 fully saturated rings.